The Labute approximate surface area is 63.5 Å². The van der Waals surface area contributed by atoms with Crippen LogP contribution in [0.15, 0.2) is 5.16 Å². The summed E-state index contributed by atoms with van der Waals surface area (Å²) in [5, 5.41) is 22.2. The van der Waals surface area contributed by atoms with E-state index in [0.29, 0.717) is 18.1 Å². The number of hydrogen-bond donors (Lipinski definition) is 1. The molecule has 1 aromatic rings. The first-order chi connectivity index (χ1) is 5.29. The highest BCUT2D eigenvalue weighted by Crippen LogP contribution is 1.92. The minimum atomic E-state index is 0.438. The van der Waals surface area contributed by atoms with Crippen LogP contribution >= 0.6 is 0 Å². The summed E-state index contributed by atoms with van der Waals surface area (Å²) in [6.07, 6.45) is 0.586. The van der Waals surface area contributed by atoms with Crippen molar-refractivity contribution in [1.82, 2.24) is 20.2 Å². The third-order valence-electron chi connectivity index (χ3n) is 1.30. The van der Waals surface area contributed by atoms with Crippen molar-refractivity contribution in [3.63, 3.8) is 0 Å². The van der Waals surface area contributed by atoms with Gasteiger partial charge in [-0.3, -0.25) is 0 Å². The molecule has 6 heteroatoms. The lowest BCUT2D eigenvalue weighted by Crippen LogP contribution is -2.14. The maximum absolute atomic E-state index is 8.49. The Balaban J connectivity index is 3.00. The summed E-state index contributed by atoms with van der Waals surface area (Å²) in [5.41, 5.74) is 0. The summed E-state index contributed by atoms with van der Waals surface area (Å²) in [4.78, 5) is 0. The first-order valence-electron chi connectivity index (χ1n) is 3.26. The van der Waals surface area contributed by atoms with Crippen molar-refractivity contribution in [3.05, 3.63) is 5.82 Å². The molecule has 0 saturated heterocycles. The van der Waals surface area contributed by atoms with E-state index >= 15 is 0 Å². The highest BCUT2D eigenvalue weighted by atomic mass is 16.4. The molecular formula is C5H9N5O. The first kappa shape index (κ1) is 7.64. The summed E-state index contributed by atoms with van der Waals surface area (Å²) in [6.45, 7) is 3.59. The van der Waals surface area contributed by atoms with Crippen LogP contribution in [-0.4, -0.2) is 31.3 Å². The van der Waals surface area contributed by atoms with E-state index in [1.165, 1.54) is 4.68 Å². The molecule has 0 unspecified atom stereocenters. The summed E-state index contributed by atoms with van der Waals surface area (Å²) in [6, 6.07) is 0. The molecule has 1 N–H and O–H groups in total. The summed E-state index contributed by atoms with van der Waals surface area (Å²) in [5.74, 6) is 1.05. The highest BCUT2D eigenvalue weighted by Gasteiger charge is 2.05. The summed E-state index contributed by atoms with van der Waals surface area (Å²) in [7, 11) is 0. The number of rotatable bonds is 1. The van der Waals surface area contributed by atoms with Gasteiger partial charge in [-0.05, 0) is 17.4 Å². The zero-order valence-electron chi connectivity index (χ0n) is 6.39. The van der Waals surface area contributed by atoms with E-state index in [0.717, 1.165) is 0 Å². The Bertz CT molecular complexity index is 266. The maximum atomic E-state index is 8.49. The number of aryl methyl sites for hydroxylation is 1. The standard InChI is InChI=1S/C5H9N5O/c1-3-5(7-11)10-4(2)6-8-9-10/h11H,3H2,1-2H3/b7-5+. The summed E-state index contributed by atoms with van der Waals surface area (Å²) < 4.78 is 1.39. The fraction of sp³-hybridized carbons (Fsp3) is 0.600. The average Bonchev–Trinajstić information content (AvgIpc) is 2.40. The lowest BCUT2D eigenvalue weighted by atomic mass is 10.4. The third kappa shape index (κ3) is 1.34. The second kappa shape index (κ2) is 3.09. The fourth-order valence-corrected chi connectivity index (χ4v) is 0.733. The van der Waals surface area contributed by atoms with Gasteiger partial charge in [-0.2, -0.15) is 4.68 Å². The van der Waals surface area contributed by atoms with Gasteiger partial charge < -0.3 is 5.21 Å². The highest BCUT2D eigenvalue weighted by molar-refractivity contribution is 5.82. The third-order valence-corrected chi connectivity index (χ3v) is 1.30. The van der Waals surface area contributed by atoms with Crippen LogP contribution in [0.3, 0.4) is 0 Å². The Morgan fingerprint density at radius 1 is 1.73 bits per heavy atom. The minimum Gasteiger partial charge on any atom is -0.409 e. The maximum Gasteiger partial charge on any atom is 0.172 e. The molecule has 60 valence electrons. The Morgan fingerprint density at radius 2 is 2.45 bits per heavy atom. The average molecular weight is 155 g/mol. The second-order valence-corrected chi connectivity index (χ2v) is 2.01. The molecule has 11 heavy (non-hydrogen) atoms. The van der Waals surface area contributed by atoms with Crippen molar-refractivity contribution in [1.29, 1.82) is 0 Å². The molecule has 0 amide bonds. The van der Waals surface area contributed by atoms with Crippen molar-refractivity contribution in [2.24, 2.45) is 5.16 Å². The van der Waals surface area contributed by atoms with E-state index in [-0.39, 0.29) is 0 Å². The van der Waals surface area contributed by atoms with Crippen molar-refractivity contribution in [2.75, 3.05) is 0 Å². The van der Waals surface area contributed by atoms with E-state index in [2.05, 4.69) is 20.7 Å². The normalized spacial score (nSPS) is 12.0. The fourth-order valence-electron chi connectivity index (χ4n) is 0.733. The smallest absolute Gasteiger partial charge is 0.172 e. The van der Waals surface area contributed by atoms with Crippen LogP contribution in [0.4, 0.5) is 0 Å². The quantitative estimate of drug-likeness (QED) is 0.268. The Hall–Kier alpha value is -1.46. The lowest BCUT2D eigenvalue weighted by Gasteiger charge is -1.98. The van der Waals surface area contributed by atoms with E-state index in [9.17, 15) is 0 Å². The molecule has 1 rings (SSSR count). The van der Waals surface area contributed by atoms with Crippen molar-refractivity contribution < 1.29 is 5.21 Å². The molecule has 0 radical (unpaired) electrons. The number of tetrazole rings is 1. The van der Waals surface area contributed by atoms with Crippen LogP contribution in [0.1, 0.15) is 19.2 Å². The molecule has 6 nitrogen and oxygen atoms in total. The SMILES string of the molecule is CC/C(=N\O)n1nnnc1C. The second-order valence-electron chi connectivity index (χ2n) is 2.01. The molecule has 0 aliphatic heterocycles. The van der Waals surface area contributed by atoms with Gasteiger partial charge in [-0.25, -0.2) is 0 Å². The van der Waals surface area contributed by atoms with Crippen LogP contribution in [0.2, 0.25) is 0 Å². The number of aromatic nitrogens is 4. The number of nitrogens with zero attached hydrogens (tertiary/aromatic N) is 5. The Morgan fingerprint density at radius 3 is 2.82 bits per heavy atom. The van der Waals surface area contributed by atoms with Crippen molar-refractivity contribution in [3.8, 4) is 0 Å². The van der Waals surface area contributed by atoms with Gasteiger partial charge in [0.2, 0.25) is 0 Å². The van der Waals surface area contributed by atoms with Crippen LogP contribution in [0, 0.1) is 6.92 Å². The van der Waals surface area contributed by atoms with Gasteiger partial charge in [0, 0.05) is 6.42 Å². The topological polar surface area (TPSA) is 76.2 Å². The van der Waals surface area contributed by atoms with E-state index < -0.39 is 0 Å². The lowest BCUT2D eigenvalue weighted by molar-refractivity contribution is 0.314. The molecular weight excluding hydrogens is 146 g/mol. The van der Waals surface area contributed by atoms with Crippen LogP contribution in [-0.2, 0) is 0 Å². The van der Waals surface area contributed by atoms with E-state index in [4.69, 9.17) is 5.21 Å². The molecule has 0 saturated carbocycles. The Kier molecular flexibility index (Phi) is 2.15. The molecule has 0 atom stereocenters. The number of hydrogen-bond acceptors (Lipinski definition) is 5. The van der Waals surface area contributed by atoms with E-state index in [1.54, 1.807) is 6.92 Å². The zero-order valence-corrected chi connectivity index (χ0v) is 6.39. The molecule has 1 aromatic heterocycles. The van der Waals surface area contributed by atoms with Gasteiger partial charge in [-0.1, -0.05) is 12.1 Å². The van der Waals surface area contributed by atoms with Crippen molar-refractivity contribution >= 4 is 5.84 Å². The van der Waals surface area contributed by atoms with Gasteiger partial charge in [0.1, 0.15) is 0 Å². The predicted octanol–water partition coefficient (Wildman–Crippen LogP) is 0.0273. The van der Waals surface area contributed by atoms with Crippen LogP contribution < -0.4 is 0 Å². The van der Waals surface area contributed by atoms with Gasteiger partial charge >= 0.3 is 0 Å². The first-order valence-corrected chi connectivity index (χ1v) is 3.26. The molecule has 1 heterocycles. The predicted molar refractivity (Wildman–Crippen MR) is 37.5 cm³/mol. The largest absolute Gasteiger partial charge is 0.409 e. The number of oxime groups is 1. The van der Waals surface area contributed by atoms with Crippen LogP contribution in [0.5, 0.6) is 0 Å². The van der Waals surface area contributed by atoms with Gasteiger partial charge in [0.15, 0.2) is 11.7 Å². The minimum absolute atomic E-state index is 0.438. The van der Waals surface area contributed by atoms with Gasteiger partial charge in [0.05, 0.1) is 0 Å². The van der Waals surface area contributed by atoms with E-state index in [1.807, 2.05) is 6.92 Å². The van der Waals surface area contributed by atoms with Crippen LogP contribution in [0.25, 0.3) is 0 Å². The molecule has 0 aliphatic rings. The molecule has 0 aromatic carbocycles. The zero-order chi connectivity index (χ0) is 8.27. The monoisotopic (exact) mass is 155 g/mol. The molecule has 0 fully saturated rings. The molecule has 0 bridgehead atoms. The molecule has 0 aliphatic carbocycles. The van der Waals surface area contributed by atoms with Gasteiger partial charge in [-0.15, -0.1) is 5.10 Å². The molecule has 0 spiro atoms. The van der Waals surface area contributed by atoms with Crippen molar-refractivity contribution in [2.45, 2.75) is 20.3 Å². The summed E-state index contributed by atoms with van der Waals surface area (Å²) >= 11 is 0. The van der Waals surface area contributed by atoms with Gasteiger partial charge in [0.25, 0.3) is 0 Å².